The molecule has 0 aliphatic rings. The summed E-state index contributed by atoms with van der Waals surface area (Å²) in [7, 11) is 0. The number of aliphatic carboxylic acids is 2. The molecule has 0 fully saturated rings. The number of amides is 2. The molecule has 198 valence electrons. The van der Waals surface area contributed by atoms with E-state index in [-0.39, 0.29) is 11.1 Å². The Bertz CT molecular complexity index is 1240. The molecule has 2 amide bonds. The number of rotatable bonds is 10. The quantitative estimate of drug-likeness (QED) is 0.301. The Morgan fingerprint density at radius 1 is 0.579 bits per heavy atom. The van der Waals surface area contributed by atoms with E-state index in [1.165, 1.54) is 64.1 Å². The van der Waals surface area contributed by atoms with Crippen LogP contribution in [0.25, 0.3) is 0 Å². The molecule has 0 saturated carbocycles. The highest BCUT2D eigenvalue weighted by Crippen LogP contribution is 2.24. The largest absolute Gasteiger partial charge is 0.478 e. The van der Waals surface area contributed by atoms with E-state index in [1.807, 2.05) is 0 Å². The Hall–Kier alpha value is -4.86. The molecular weight excluding hydrogens is 492 g/mol. The van der Waals surface area contributed by atoms with Gasteiger partial charge in [-0.05, 0) is 88.4 Å². The predicted octanol–water partition coefficient (Wildman–Crippen LogP) is 4.68. The summed E-state index contributed by atoms with van der Waals surface area (Å²) in [5.74, 6) is -2.63. The lowest BCUT2D eigenvalue weighted by molar-refractivity contribution is -0.152. The number of benzene rings is 3. The lowest BCUT2D eigenvalue weighted by Gasteiger charge is -2.21. The van der Waals surface area contributed by atoms with Crippen molar-refractivity contribution in [2.75, 3.05) is 10.6 Å². The molecule has 0 aromatic heterocycles. The molecule has 0 radical (unpaired) electrons. The fourth-order valence-corrected chi connectivity index (χ4v) is 3.17. The second kappa shape index (κ2) is 11.0. The van der Waals surface area contributed by atoms with Crippen LogP contribution in [0.1, 0.15) is 48.4 Å². The summed E-state index contributed by atoms with van der Waals surface area (Å²) < 4.78 is 10.9. The molecule has 0 atom stereocenters. The van der Waals surface area contributed by atoms with Crippen LogP contribution in [0.3, 0.4) is 0 Å². The first-order valence-corrected chi connectivity index (χ1v) is 11.6. The molecule has 10 heteroatoms. The number of carbonyl (C=O) groups is 4. The van der Waals surface area contributed by atoms with Crippen LogP contribution in [0.4, 0.5) is 11.4 Å². The number of carboxylic acid groups (broad SMARTS) is 2. The van der Waals surface area contributed by atoms with E-state index in [9.17, 15) is 29.4 Å². The molecular formula is C28H28N2O8. The molecule has 0 unspecified atom stereocenters. The maximum absolute atomic E-state index is 13.0. The second-order valence-corrected chi connectivity index (χ2v) is 9.34. The third kappa shape index (κ3) is 6.88. The first-order chi connectivity index (χ1) is 17.8. The molecule has 0 spiro atoms. The fourth-order valence-electron chi connectivity index (χ4n) is 3.17. The summed E-state index contributed by atoms with van der Waals surface area (Å²) in [6.07, 6.45) is 0. The zero-order chi connectivity index (χ0) is 28.1. The van der Waals surface area contributed by atoms with Gasteiger partial charge in [-0.3, -0.25) is 9.59 Å². The third-order valence-electron chi connectivity index (χ3n) is 5.42. The van der Waals surface area contributed by atoms with E-state index in [1.54, 1.807) is 36.4 Å². The van der Waals surface area contributed by atoms with Crippen LogP contribution in [-0.2, 0) is 9.59 Å². The predicted molar refractivity (Wildman–Crippen MR) is 140 cm³/mol. The summed E-state index contributed by atoms with van der Waals surface area (Å²) in [4.78, 5) is 48.4. The van der Waals surface area contributed by atoms with Gasteiger partial charge in [-0.1, -0.05) is 12.1 Å². The average molecular weight is 521 g/mol. The maximum Gasteiger partial charge on any atom is 0.347 e. The van der Waals surface area contributed by atoms with Gasteiger partial charge >= 0.3 is 11.9 Å². The highest BCUT2D eigenvalue weighted by Gasteiger charge is 2.30. The number of nitrogens with one attached hydrogen (secondary N) is 2. The lowest BCUT2D eigenvalue weighted by Crippen LogP contribution is -2.37. The van der Waals surface area contributed by atoms with Gasteiger partial charge in [0.25, 0.3) is 11.8 Å². The summed E-state index contributed by atoms with van der Waals surface area (Å²) in [5, 5.41) is 23.8. The monoisotopic (exact) mass is 520 g/mol. The molecule has 4 N–H and O–H groups in total. The van der Waals surface area contributed by atoms with Crippen molar-refractivity contribution in [3.63, 3.8) is 0 Å². The fraction of sp³-hybridized carbons (Fsp3) is 0.214. The summed E-state index contributed by atoms with van der Waals surface area (Å²) >= 11 is 0. The Morgan fingerprint density at radius 2 is 0.895 bits per heavy atom. The molecule has 0 aliphatic carbocycles. The van der Waals surface area contributed by atoms with E-state index in [0.717, 1.165) is 0 Å². The van der Waals surface area contributed by atoms with Crippen LogP contribution in [0.2, 0.25) is 0 Å². The van der Waals surface area contributed by atoms with Gasteiger partial charge in [0.15, 0.2) is 11.2 Å². The number of anilines is 2. The van der Waals surface area contributed by atoms with Crippen LogP contribution in [-0.4, -0.2) is 45.2 Å². The minimum atomic E-state index is -1.42. The third-order valence-corrected chi connectivity index (χ3v) is 5.42. The first kappa shape index (κ1) is 27.7. The van der Waals surface area contributed by atoms with Gasteiger partial charge in [0, 0.05) is 11.4 Å². The maximum atomic E-state index is 13.0. The van der Waals surface area contributed by atoms with Gasteiger partial charge in [-0.25, -0.2) is 9.59 Å². The van der Waals surface area contributed by atoms with Crippen molar-refractivity contribution in [1.82, 2.24) is 0 Å². The van der Waals surface area contributed by atoms with E-state index < -0.39 is 35.0 Å². The summed E-state index contributed by atoms with van der Waals surface area (Å²) in [5.41, 5.74) is -1.71. The van der Waals surface area contributed by atoms with Crippen molar-refractivity contribution < 1.29 is 38.9 Å². The SMILES string of the molecule is CC(C)(Oc1ccc(NC(=O)c2ccccc2C(=O)Nc2ccc(OC(C)(C)C(=O)O)cc2)cc1)C(=O)O. The normalized spacial score (nSPS) is 11.3. The van der Waals surface area contributed by atoms with Crippen LogP contribution < -0.4 is 20.1 Å². The summed E-state index contributed by atoms with van der Waals surface area (Å²) in [6.45, 7) is 5.70. The van der Waals surface area contributed by atoms with Crippen LogP contribution >= 0.6 is 0 Å². The molecule has 10 nitrogen and oxygen atoms in total. The van der Waals surface area contributed by atoms with Gasteiger partial charge in [0.1, 0.15) is 11.5 Å². The average Bonchev–Trinajstić information content (AvgIpc) is 2.86. The molecule has 0 saturated heterocycles. The smallest absolute Gasteiger partial charge is 0.347 e. The number of hydrogen-bond acceptors (Lipinski definition) is 6. The minimum Gasteiger partial charge on any atom is -0.478 e. The Labute approximate surface area is 219 Å². The molecule has 0 aliphatic heterocycles. The lowest BCUT2D eigenvalue weighted by atomic mass is 10.1. The van der Waals surface area contributed by atoms with Gasteiger partial charge in [0.05, 0.1) is 11.1 Å². The topological polar surface area (TPSA) is 151 Å². The number of ether oxygens (including phenoxy) is 2. The van der Waals surface area contributed by atoms with Crippen LogP contribution in [0.5, 0.6) is 11.5 Å². The Morgan fingerprint density at radius 3 is 1.18 bits per heavy atom. The number of carboxylic acids is 2. The van der Waals surface area contributed by atoms with Gasteiger partial charge in [-0.2, -0.15) is 0 Å². The molecule has 0 bridgehead atoms. The van der Waals surface area contributed by atoms with E-state index in [0.29, 0.717) is 22.9 Å². The highest BCUT2D eigenvalue weighted by atomic mass is 16.5. The van der Waals surface area contributed by atoms with Crippen molar-refractivity contribution >= 4 is 35.1 Å². The molecule has 3 aromatic rings. The zero-order valence-electron chi connectivity index (χ0n) is 21.3. The van der Waals surface area contributed by atoms with E-state index in [2.05, 4.69) is 10.6 Å². The van der Waals surface area contributed by atoms with E-state index >= 15 is 0 Å². The molecule has 38 heavy (non-hydrogen) atoms. The molecule has 3 rings (SSSR count). The van der Waals surface area contributed by atoms with Gasteiger partial charge in [-0.15, -0.1) is 0 Å². The molecule has 0 heterocycles. The van der Waals surface area contributed by atoms with Crippen LogP contribution in [0, 0.1) is 0 Å². The number of carbonyl (C=O) groups excluding carboxylic acids is 2. The second-order valence-electron chi connectivity index (χ2n) is 9.34. The van der Waals surface area contributed by atoms with Crippen molar-refractivity contribution in [3.05, 3.63) is 83.9 Å². The molecule has 3 aromatic carbocycles. The standard InChI is InChI=1S/C28H28N2O8/c1-27(2,25(33)34)37-19-13-9-17(10-14-19)29-23(31)21-7-5-6-8-22(21)24(32)30-18-11-15-20(16-12-18)38-28(3,4)26(35)36/h5-16H,1-4H3,(H,29,31)(H,30,32)(H,33,34)(H,35,36). The first-order valence-electron chi connectivity index (χ1n) is 11.6. The van der Waals surface area contributed by atoms with Crippen molar-refractivity contribution in [2.24, 2.45) is 0 Å². The number of hydrogen-bond donors (Lipinski definition) is 4. The van der Waals surface area contributed by atoms with Crippen molar-refractivity contribution in [2.45, 2.75) is 38.9 Å². The summed E-state index contributed by atoms with van der Waals surface area (Å²) in [6, 6.07) is 18.7. The minimum absolute atomic E-state index is 0.139. The van der Waals surface area contributed by atoms with Crippen molar-refractivity contribution in [1.29, 1.82) is 0 Å². The Kier molecular flexibility index (Phi) is 8.05. The zero-order valence-corrected chi connectivity index (χ0v) is 21.3. The van der Waals surface area contributed by atoms with E-state index in [4.69, 9.17) is 9.47 Å². The van der Waals surface area contributed by atoms with Crippen molar-refractivity contribution in [3.8, 4) is 11.5 Å². The van der Waals surface area contributed by atoms with Crippen LogP contribution in [0.15, 0.2) is 72.8 Å². The van der Waals surface area contributed by atoms with Gasteiger partial charge in [0.2, 0.25) is 0 Å². The van der Waals surface area contributed by atoms with Gasteiger partial charge < -0.3 is 30.3 Å². The Balaban J connectivity index is 1.69. The highest BCUT2D eigenvalue weighted by molar-refractivity contribution is 6.15.